The summed E-state index contributed by atoms with van der Waals surface area (Å²) in [5.41, 5.74) is 1.73. The Hall–Kier alpha value is -2.16. The van der Waals surface area contributed by atoms with Crippen molar-refractivity contribution in [2.24, 2.45) is 5.92 Å². The first-order chi connectivity index (χ1) is 13.5. The molecule has 5 heteroatoms. The fraction of sp³-hybridized carbons (Fsp3) is 0.478. The lowest BCUT2D eigenvalue weighted by molar-refractivity contribution is -0.121. The summed E-state index contributed by atoms with van der Waals surface area (Å²) in [4.78, 5) is 13.7. The molecule has 3 atom stereocenters. The van der Waals surface area contributed by atoms with E-state index in [1.54, 1.807) is 11.3 Å². The average molecular weight is 396 g/mol. The number of nitrogens with one attached hydrogen (secondary N) is 2. The number of nitriles is 1. The number of hydrogen-bond acceptors (Lipinski definition) is 4. The Bertz CT molecular complexity index is 821. The van der Waals surface area contributed by atoms with Crippen LogP contribution in [0.2, 0.25) is 0 Å². The van der Waals surface area contributed by atoms with Crippen molar-refractivity contribution in [3.05, 3.63) is 57.8 Å². The second kappa shape index (κ2) is 8.89. The van der Waals surface area contributed by atoms with Crippen LogP contribution in [0.3, 0.4) is 0 Å². The maximum Gasteiger partial charge on any atom is 0.235 e. The van der Waals surface area contributed by atoms with E-state index in [9.17, 15) is 10.1 Å². The highest BCUT2D eigenvalue weighted by molar-refractivity contribution is 7.10. The lowest BCUT2D eigenvalue weighted by Gasteiger charge is -2.24. The van der Waals surface area contributed by atoms with Crippen molar-refractivity contribution in [2.75, 3.05) is 6.54 Å². The molecule has 1 saturated carbocycles. The molecule has 2 aromatic rings. The van der Waals surface area contributed by atoms with E-state index in [-0.39, 0.29) is 24.4 Å². The number of carbonyl (C=O) groups is 1. The molecule has 4 nitrogen and oxygen atoms in total. The molecule has 1 aromatic carbocycles. The monoisotopic (exact) mass is 395 g/mol. The Morgan fingerprint density at radius 3 is 2.50 bits per heavy atom. The van der Waals surface area contributed by atoms with Gasteiger partial charge in [-0.1, -0.05) is 44.2 Å². The summed E-state index contributed by atoms with van der Waals surface area (Å²) in [6, 6.07) is 15.0. The predicted octanol–water partition coefficient (Wildman–Crippen LogP) is 4.75. The molecule has 1 aliphatic rings. The number of rotatable bonds is 9. The molecule has 0 unspecified atom stereocenters. The summed E-state index contributed by atoms with van der Waals surface area (Å²) < 4.78 is 0. The zero-order valence-electron chi connectivity index (χ0n) is 16.9. The van der Waals surface area contributed by atoms with Gasteiger partial charge in [0.05, 0.1) is 18.7 Å². The highest BCUT2D eigenvalue weighted by atomic mass is 32.1. The van der Waals surface area contributed by atoms with Crippen molar-refractivity contribution in [3.63, 3.8) is 0 Å². The van der Waals surface area contributed by atoms with Gasteiger partial charge in [0.15, 0.2) is 0 Å². The number of benzene rings is 1. The number of amides is 1. The van der Waals surface area contributed by atoms with Gasteiger partial charge in [0.25, 0.3) is 0 Å². The summed E-state index contributed by atoms with van der Waals surface area (Å²) in [5, 5.41) is 17.8. The van der Waals surface area contributed by atoms with Crippen molar-refractivity contribution in [1.82, 2.24) is 10.6 Å². The molecule has 0 spiro atoms. The zero-order valence-corrected chi connectivity index (χ0v) is 17.7. The van der Waals surface area contributed by atoms with Gasteiger partial charge >= 0.3 is 0 Å². The van der Waals surface area contributed by atoms with Gasteiger partial charge in [0.1, 0.15) is 5.54 Å². The van der Waals surface area contributed by atoms with Crippen LogP contribution >= 0.6 is 11.3 Å². The molecule has 1 amide bonds. The third kappa shape index (κ3) is 4.81. The van der Waals surface area contributed by atoms with E-state index in [4.69, 9.17) is 0 Å². The minimum Gasteiger partial charge on any atom is -0.337 e. The standard InChI is InChI=1S/C23H29N3OS/c1-4-16(2)17-7-9-18(10-8-17)22(20-6-5-13-28-20)25-14-21(27)26-23(3,15-24)19-11-12-19/h5-10,13,16,19,22,25H,4,11-12,14H2,1-3H3,(H,26,27)/t16-,22-,23+/m1/s1. The predicted molar refractivity (Wildman–Crippen MR) is 114 cm³/mol. The minimum absolute atomic E-state index is 0.0361. The van der Waals surface area contributed by atoms with Gasteiger partial charge in [-0.15, -0.1) is 11.3 Å². The van der Waals surface area contributed by atoms with Gasteiger partial charge in [-0.2, -0.15) is 5.26 Å². The normalized spacial score (nSPS) is 17.9. The smallest absolute Gasteiger partial charge is 0.235 e. The third-order valence-electron chi connectivity index (χ3n) is 5.77. The second-order valence-corrected chi connectivity index (χ2v) is 8.92. The first kappa shape index (κ1) is 20.6. The van der Waals surface area contributed by atoms with E-state index in [2.05, 4.69) is 66.3 Å². The van der Waals surface area contributed by atoms with Crippen LogP contribution < -0.4 is 10.6 Å². The van der Waals surface area contributed by atoms with E-state index in [0.717, 1.165) is 24.8 Å². The molecule has 0 radical (unpaired) electrons. The molecule has 0 saturated heterocycles. The summed E-state index contributed by atoms with van der Waals surface area (Å²) in [5.74, 6) is 0.690. The molecule has 0 bridgehead atoms. The van der Waals surface area contributed by atoms with Crippen LogP contribution in [0.5, 0.6) is 0 Å². The van der Waals surface area contributed by atoms with Crippen LogP contribution in [0.25, 0.3) is 0 Å². The summed E-state index contributed by atoms with van der Waals surface area (Å²) in [6.45, 7) is 6.44. The Balaban J connectivity index is 1.69. The second-order valence-electron chi connectivity index (χ2n) is 7.94. The summed E-state index contributed by atoms with van der Waals surface area (Å²) in [6.07, 6.45) is 3.14. The van der Waals surface area contributed by atoms with Crippen molar-refractivity contribution < 1.29 is 4.79 Å². The fourth-order valence-corrected chi connectivity index (χ4v) is 4.33. The largest absolute Gasteiger partial charge is 0.337 e. The van der Waals surface area contributed by atoms with Gasteiger partial charge in [-0.25, -0.2) is 0 Å². The number of nitrogens with zero attached hydrogens (tertiary/aromatic N) is 1. The van der Waals surface area contributed by atoms with Gasteiger partial charge in [0, 0.05) is 4.88 Å². The molecular weight excluding hydrogens is 366 g/mol. The topological polar surface area (TPSA) is 64.9 Å². The molecule has 2 N–H and O–H groups in total. The molecule has 1 heterocycles. The molecular formula is C23H29N3OS. The average Bonchev–Trinajstić information content (AvgIpc) is 3.45. The lowest BCUT2D eigenvalue weighted by Crippen LogP contribution is -2.49. The van der Waals surface area contributed by atoms with Gasteiger partial charge in [-0.05, 0) is 60.6 Å². The SMILES string of the molecule is CC[C@@H](C)c1ccc([C@@H](NCC(=O)N[C@@](C)(C#N)C2CC2)c2cccs2)cc1. The third-order valence-corrected chi connectivity index (χ3v) is 6.71. The number of thiophene rings is 1. The van der Waals surface area contributed by atoms with Crippen molar-refractivity contribution in [2.45, 2.75) is 57.5 Å². The van der Waals surface area contributed by atoms with Crippen molar-refractivity contribution >= 4 is 17.2 Å². The lowest BCUT2D eigenvalue weighted by atomic mass is 9.95. The first-order valence-corrected chi connectivity index (χ1v) is 10.9. The van der Waals surface area contributed by atoms with E-state index in [1.165, 1.54) is 10.4 Å². The maximum atomic E-state index is 12.5. The zero-order chi connectivity index (χ0) is 20.1. The highest BCUT2D eigenvalue weighted by Gasteiger charge is 2.42. The first-order valence-electron chi connectivity index (χ1n) is 10.1. The maximum absolute atomic E-state index is 12.5. The molecule has 28 heavy (non-hydrogen) atoms. The van der Waals surface area contributed by atoms with Crippen LogP contribution in [0.4, 0.5) is 0 Å². The molecule has 148 valence electrons. The number of carbonyl (C=O) groups excluding carboxylic acids is 1. The van der Waals surface area contributed by atoms with Crippen LogP contribution in [-0.4, -0.2) is 18.0 Å². The van der Waals surface area contributed by atoms with Gasteiger partial charge in [0.2, 0.25) is 5.91 Å². The van der Waals surface area contributed by atoms with E-state index in [1.807, 2.05) is 13.0 Å². The Kier molecular flexibility index (Phi) is 6.53. The van der Waals surface area contributed by atoms with E-state index in [0.29, 0.717) is 5.92 Å². The van der Waals surface area contributed by atoms with Crippen molar-refractivity contribution in [1.29, 1.82) is 5.26 Å². The Morgan fingerprint density at radius 2 is 1.96 bits per heavy atom. The number of hydrogen-bond donors (Lipinski definition) is 2. The Morgan fingerprint density at radius 1 is 1.29 bits per heavy atom. The van der Waals surface area contributed by atoms with Gasteiger partial charge < -0.3 is 5.32 Å². The molecule has 1 aliphatic carbocycles. The molecule has 0 aliphatic heterocycles. The van der Waals surface area contributed by atoms with Crippen LogP contribution in [0.1, 0.15) is 68.0 Å². The fourth-order valence-electron chi connectivity index (χ4n) is 3.50. The molecule has 3 rings (SSSR count). The van der Waals surface area contributed by atoms with E-state index >= 15 is 0 Å². The van der Waals surface area contributed by atoms with Crippen LogP contribution in [0, 0.1) is 17.2 Å². The minimum atomic E-state index is -0.755. The molecule has 1 aromatic heterocycles. The molecule has 1 fully saturated rings. The van der Waals surface area contributed by atoms with E-state index < -0.39 is 5.54 Å². The van der Waals surface area contributed by atoms with Gasteiger partial charge in [-0.3, -0.25) is 10.1 Å². The Labute approximate surface area is 172 Å². The van der Waals surface area contributed by atoms with Crippen LogP contribution in [-0.2, 0) is 4.79 Å². The van der Waals surface area contributed by atoms with Crippen molar-refractivity contribution in [3.8, 4) is 6.07 Å². The quantitative estimate of drug-likeness (QED) is 0.644. The summed E-state index contributed by atoms with van der Waals surface area (Å²) >= 11 is 1.68. The highest BCUT2D eigenvalue weighted by Crippen LogP contribution is 2.39. The van der Waals surface area contributed by atoms with Crippen LogP contribution in [0.15, 0.2) is 41.8 Å². The summed E-state index contributed by atoms with van der Waals surface area (Å²) in [7, 11) is 0.